The van der Waals surface area contributed by atoms with E-state index in [1.165, 1.54) is 5.56 Å². The van der Waals surface area contributed by atoms with Crippen molar-refractivity contribution in [2.45, 2.75) is 32.7 Å². The number of hydrogen-bond acceptors (Lipinski definition) is 3. The normalized spacial score (nSPS) is 12.0. The van der Waals surface area contributed by atoms with Crippen LogP contribution in [0.3, 0.4) is 0 Å². The van der Waals surface area contributed by atoms with Crippen LogP contribution in [0.15, 0.2) is 61.2 Å². The average molecular weight is 342 g/mol. The summed E-state index contributed by atoms with van der Waals surface area (Å²) in [4.78, 5) is 14.3. The molecule has 0 saturated heterocycles. The number of aromatic nitrogens is 4. The van der Waals surface area contributed by atoms with Crippen LogP contribution in [-0.4, -0.2) is 19.5 Å². The van der Waals surface area contributed by atoms with Crippen LogP contribution in [0.1, 0.15) is 26.3 Å². The maximum absolute atomic E-state index is 4.79. The Bertz CT molecular complexity index is 1100. The lowest BCUT2D eigenvalue weighted by atomic mass is 9.87. The van der Waals surface area contributed by atoms with Crippen molar-refractivity contribution in [1.82, 2.24) is 19.5 Å². The summed E-state index contributed by atoms with van der Waals surface area (Å²) in [5, 5.41) is 0. The third-order valence-electron chi connectivity index (χ3n) is 4.58. The second-order valence-corrected chi connectivity index (χ2v) is 7.52. The molecule has 0 spiro atoms. The first-order chi connectivity index (χ1) is 12.5. The zero-order valence-corrected chi connectivity index (χ0v) is 15.4. The van der Waals surface area contributed by atoms with Gasteiger partial charge in [-0.05, 0) is 23.1 Å². The Morgan fingerprint density at radius 1 is 0.923 bits per heavy atom. The van der Waals surface area contributed by atoms with E-state index >= 15 is 0 Å². The topological polar surface area (TPSA) is 43.6 Å². The molecule has 0 saturated carbocycles. The molecule has 130 valence electrons. The van der Waals surface area contributed by atoms with Crippen LogP contribution in [0.5, 0.6) is 0 Å². The molecular weight excluding hydrogens is 320 g/mol. The first kappa shape index (κ1) is 16.5. The van der Waals surface area contributed by atoms with Gasteiger partial charge in [-0.1, -0.05) is 63.2 Å². The molecule has 2 heterocycles. The highest BCUT2D eigenvalue weighted by Crippen LogP contribution is 2.28. The van der Waals surface area contributed by atoms with E-state index in [-0.39, 0.29) is 5.41 Å². The highest BCUT2D eigenvalue weighted by molar-refractivity contribution is 5.84. The first-order valence-electron chi connectivity index (χ1n) is 8.82. The number of hydrogen-bond donors (Lipinski definition) is 0. The Labute approximate surface area is 153 Å². The summed E-state index contributed by atoms with van der Waals surface area (Å²) in [5.74, 6) is 0.871. The molecule has 0 N–H and O–H groups in total. The third-order valence-corrected chi connectivity index (χ3v) is 4.58. The van der Waals surface area contributed by atoms with Crippen LogP contribution in [0.4, 0.5) is 0 Å². The van der Waals surface area contributed by atoms with E-state index in [2.05, 4.69) is 56.2 Å². The van der Waals surface area contributed by atoms with Gasteiger partial charge < -0.3 is 4.57 Å². The van der Waals surface area contributed by atoms with Crippen molar-refractivity contribution >= 4 is 22.3 Å². The first-order valence-corrected chi connectivity index (χ1v) is 8.82. The molecule has 0 atom stereocenters. The minimum atomic E-state index is 0.126. The fraction of sp³-hybridized carbons (Fsp3) is 0.227. The molecule has 4 heteroatoms. The predicted molar refractivity (Wildman–Crippen MR) is 107 cm³/mol. The van der Waals surface area contributed by atoms with Gasteiger partial charge in [0, 0.05) is 12.1 Å². The minimum absolute atomic E-state index is 0.126. The molecule has 0 aliphatic heterocycles. The van der Waals surface area contributed by atoms with Gasteiger partial charge in [-0.15, -0.1) is 6.58 Å². The molecule has 0 bridgehead atoms. The molecule has 0 amide bonds. The lowest BCUT2D eigenvalue weighted by molar-refractivity contribution is 0.590. The van der Waals surface area contributed by atoms with Crippen molar-refractivity contribution in [3.05, 3.63) is 66.7 Å². The van der Waals surface area contributed by atoms with E-state index in [0.29, 0.717) is 12.2 Å². The Morgan fingerprint density at radius 3 is 2.19 bits per heavy atom. The van der Waals surface area contributed by atoms with Crippen LogP contribution in [0, 0.1) is 0 Å². The minimum Gasteiger partial charge on any atom is -0.303 e. The molecule has 2 aromatic carbocycles. The molecule has 2 aromatic heterocycles. The Kier molecular flexibility index (Phi) is 3.83. The van der Waals surface area contributed by atoms with Gasteiger partial charge in [0.2, 0.25) is 0 Å². The zero-order valence-electron chi connectivity index (χ0n) is 15.4. The molecular formula is C22H22N4. The number of rotatable bonds is 3. The van der Waals surface area contributed by atoms with Gasteiger partial charge in [0.1, 0.15) is 5.82 Å². The number of benzene rings is 2. The number of fused-ring (bicyclic) bond motifs is 2. The molecule has 0 fully saturated rings. The van der Waals surface area contributed by atoms with Crippen LogP contribution in [0.2, 0.25) is 0 Å². The summed E-state index contributed by atoms with van der Waals surface area (Å²) in [6.45, 7) is 11.2. The number of allylic oxidation sites excluding steroid dienone is 1. The van der Waals surface area contributed by atoms with Crippen molar-refractivity contribution < 1.29 is 0 Å². The second kappa shape index (κ2) is 6.06. The monoisotopic (exact) mass is 342 g/mol. The van der Waals surface area contributed by atoms with Crippen LogP contribution in [0.25, 0.3) is 33.7 Å². The molecule has 0 radical (unpaired) electrons. The Hall–Kier alpha value is -3.01. The summed E-state index contributed by atoms with van der Waals surface area (Å²) in [7, 11) is 0. The average Bonchev–Trinajstić information content (AvgIpc) is 2.97. The molecule has 0 aliphatic carbocycles. The van der Waals surface area contributed by atoms with Crippen molar-refractivity contribution in [2.75, 3.05) is 0 Å². The molecule has 26 heavy (non-hydrogen) atoms. The summed E-state index contributed by atoms with van der Waals surface area (Å²) < 4.78 is 2.08. The van der Waals surface area contributed by atoms with Crippen molar-refractivity contribution in [3.63, 3.8) is 0 Å². The lowest BCUT2D eigenvalue weighted by Crippen LogP contribution is -2.10. The van der Waals surface area contributed by atoms with Gasteiger partial charge in [0.15, 0.2) is 11.3 Å². The maximum Gasteiger partial charge on any atom is 0.198 e. The maximum atomic E-state index is 4.79. The standard InChI is InChI=1S/C22H22N4/c1-5-14-26-20(15-10-12-16(13-11-15)22(2,3)4)25-19-21(26)24-18-9-7-6-8-17(18)23-19/h5-13H,1,14H2,2-4H3. The van der Waals surface area contributed by atoms with Gasteiger partial charge >= 0.3 is 0 Å². The summed E-state index contributed by atoms with van der Waals surface area (Å²) in [6.07, 6.45) is 1.87. The van der Waals surface area contributed by atoms with Gasteiger partial charge in [-0.2, -0.15) is 0 Å². The SMILES string of the molecule is C=CCn1c(-c2ccc(C(C)(C)C)cc2)nc2nc3ccccc3nc21. The van der Waals surface area contributed by atoms with Gasteiger partial charge in [0.25, 0.3) is 0 Å². The highest BCUT2D eigenvalue weighted by Gasteiger charge is 2.17. The quantitative estimate of drug-likeness (QED) is 0.485. The summed E-state index contributed by atoms with van der Waals surface area (Å²) in [5.41, 5.74) is 5.68. The number of nitrogens with zero attached hydrogens (tertiary/aromatic N) is 4. The van der Waals surface area contributed by atoms with E-state index in [1.807, 2.05) is 30.3 Å². The van der Waals surface area contributed by atoms with Gasteiger partial charge in [-0.25, -0.2) is 15.0 Å². The fourth-order valence-electron chi connectivity index (χ4n) is 3.14. The van der Waals surface area contributed by atoms with E-state index < -0.39 is 0 Å². The van der Waals surface area contributed by atoms with E-state index in [9.17, 15) is 0 Å². The van der Waals surface area contributed by atoms with E-state index in [0.717, 1.165) is 28.1 Å². The molecule has 0 aliphatic rings. The van der Waals surface area contributed by atoms with E-state index in [4.69, 9.17) is 15.0 Å². The van der Waals surface area contributed by atoms with Crippen molar-refractivity contribution in [2.24, 2.45) is 0 Å². The fourth-order valence-corrected chi connectivity index (χ4v) is 3.14. The van der Waals surface area contributed by atoms with Gasteiger partial charge in [-0.3, -0.25) is 0 Å². The Morgan fingerprint density at radius 2 is 1.58 bits per heavy atom. The van der Waals surface area contributed by atoms with Crippen molar-refractivity contribution in [3.8, 4) is 11.4 Å². The third kappa shape index (κ3) is 2.77. The Balaban J connectivity index is 1.92. The number of imidazole rings is 1. The highest BCUT2D eigenvalue weighted by atomic mass is 15.2. The molecule has 4 nitrogen and oxygen atoms in total. The van der Waals surface area contributed by atoms with Gasteiger partial charge in [0.05, 0.1) is 11.0 Å². The van der Waals surface area contributed by atoms with Crippen LogP contribution >= 0.6 is 0 Å². The molecule has 0 unspecified atom stereocenters. The van der Waals surface area contributed by atoms with Crippen molar-refractivity contribution in [1.29, 1.82) is 0 Å². The van der Waals surface area contributed by atoms with Crippen LogP contribution < -0.4 is 0 Å². The largest absolute Gasteiger partial charge is 0.303 e. The second-order valence-electron chi connectivity index (χ2n) is 7.52. The van der Waals surface area contributed by atoms with E-state index in [1.54, 1.807) is 0 Å². The molecule has 4 rings (SSSR count). The predicted octanol–water partition coefficient (Wildman–Crippen LogP) is 5.13. The lowest BCUT2D eigenvalue weighted by Gasteiger charge is -2.19. The summed E-state index contributed by atoms with van der Waals surface area (Å²) in [6, 6.07) is 16.5. The molecule has 4 aromatic rings. The van der Waals surface area contributed by atoms with Crippen LogP contribution in [-0.2, 0) is 12.0 Å². The summed E-state index contributed by atoms with van der Waals surface area (Å²) >= 11 is 0. The number of para-hydroxylation sites is 2. The smallest absolute Gasteiger partial charge is 0.198 e. The zero-order chi connectivity index (χ0) is 18.3.